The molecular formula is C20H20FNO3S. The minimum absolute atomic E-state index is 0.374. The maximum absolute atomic E-state index is 13.7. The van der Waals surface area contributed by atoms with Crippen molar-refractivity contribution in [2.24, 2.45) is 0 Å². The summed E-state index contributed by atoms with van der Waals surface area (Å²) in [5.74, 6) is 0.142. The van der Waals surface area contributed by atoms with E-state index in [2.05, 4.69) is 4.72 Å². The fraction of sp³-hybridized carbons (Fsp3) is 0.300. The van der Waals surface area contributed by atoms with Gasteiger partial charge in [0.1, 0.15) is 11.6 Å². The van der Waals surface area contributed by atoms with Crippen molar-refractivity contribution in [2.75, 3.05) is 6.61 Å². The molecule has 1 heterocycles. The average molecular weight is 373 g/mol. The molecule has 4 nitrogen and oxygen atoms in total. The number of hydrogen-bond donors (Lipinski definition) is 1. The molecule has 26 heavy (non-hydrogen) atoms. The van der Waals surface area contributed by atoms with Crippen LogP contribution in [0.25, 0.3) is 6.08 Å². The monoisotopic (exact) mass is 373 g/mol. The van der Waals surface area contributed by atoms with Gasteiger partial charge >= 0.3 is 0 Å². The minimum atomic E-state index is -3.66. The summed E-state index contributed by atoms with van der Waals surface area (Å²) in [7, 11) is -3.66. The number of nitrogens with one attached hydrogen (secondary N) is 1. The maximum Gasteiger partial charge on any atom is 0.237 e. The van der Waals surface area contributed by atoms with E-state index in [-0.39, 0.29) is 0 Å². The molecule has 1 atom stereocenters. The molecule has 136 valence electrons. The van der Waals surface area contributed by atoms with Gasteiger partial charge in [-0.1, -0.05) is 24.3 Å². The quantitative estimate of drug-likeness (QED) is 0.886. The lowest BCUT2D eigenvalue weighted by Crippen LogP contribution is -2.30. The molecule has 0 spiro atoms. The van der Waals surface area contributed by atoms with E-state index in [1.807, 2.05) is 24.3 Å². The van der Waals surface area contributed by atoms with Crippen LogP contribution in [-0.4, -0.2) is 15.0 Å². The second-order valence-corrected chi connectivity index (χ2v) is 8.42. The smallest absolute Gasteiger partial charge is 0.237 e. The summed E-state index contributed by atoms with van der Waals surface area (Å²) >= 11 is 0. The van der Waals surface area contributed by atoms with E-state index < -0.39 is 21.9 Å². The van der Waals surface area contributed by atoms with Crippen molar-refractivity contribution in [1.29, 1.82) is 0 Å². The highest BCUT2D eigenvalue weighted by atomic mass is 32.2. The highest BCUT2D eigenvalue weighted by Crippen LogP contribution is 2.34. The van der Waals surface area contributed by atoms with E-state index in [1.165, 1.54) is 12.1 Å². The van der Waals surface area contributed by atoms with Crippen LogP contribution in [0.3, 0.4) is 0 Å². The van der Waals surface area contributed by atoms with Crippen molar-refractivity contribution >= 4 is 16.1 Å². The van der Waals surface area contributed by atoms with Gasteiger partial charge in [-0.25, -0.2) is 17.5 Å². The van der Waals surface area contributed by atoms with Gasteiger partial charge in [0.25, 0.3) is 0 Å². The highest BCUT2D eigenvalue weighted by molar-refractivity contribution is 7.93. The molecule has 0 amide bonds. The van der Waals surface area contributed by atoms with Crippen molar-refractivity contribution < 1.29 is 17.5 Å². The van der Waals surface area contributed by atoms with Gasteiger partial charge in [-0.2, -0.15) is 0 Å². The van der Waals surface area contributed by atoms with E-state index in [1.54, 1.807) is 12.1 Å². The summed E-state index contributed by atoms with van der Waals surface area (Å²) < 4.78 is 48.0. The molecule has 0 radical (unpaired) electrons. The molecule has 0 saturated carbocycles. The van der Waals surface area contributed by atoms with Gasteiger partial charge in [-0.05, 0) is 61.1 Å². The predicted octanol–water partition coefficient (Wildman–Crippen LogP) is 3.95. The van der Waals surface area contributed by atoms with Gasteiger partial charge in [0, 0.05) is 5.56 Å². The van der Waals surface area contributed by atoms with Gasteiger partial charge in [-0.15, -0.1) is 0 Å². The Morgan fingerprint density at radius 3 is 2.85 bits per heavy atom. The molecule has 0 fully saturated rings. The number of hydrogen-bond acceptors (Lipinski definition) is 3. The van der Waals surface area contributed by atoms with Crippen LogP contribution in [0, 0.1) is 5.82 Å². The molecule has 6 heteroatoms. The average Bonchev–Trinajstić information content (AvgIpc) is 2.83. The number of aryl methyl sites for hydroxylation is 1. The van der Waals surface area contributed by atoms with Crippen LogP contribution in [0.5, 0.6) is 5.75 Å². The van der Waals surface area contributed by atoms with Crippen molar-refractivity contribution in [1.82, 2.24) is 4.72 Å². The first-order valence-electron chi connectivity index (χ1n) is 8.76. The first kappa shape index (κ1) is 17.2. The van der Waals surface area contributed by atoms with Crippen LogP contribution in [-0.2, 0) is 16.4 Å². The predicted molar refractivity (Wildman–Crippen MR) is 98.7 cm³/mol. The fourth-order valence-electron chi connectivity index (χ4n) is 3.55. The zero-order valence-corrected chi connectivity index (χ0v) is 15.1. The molecule has 0 aromatic heterocycles. The molecule has 2 aromatic carbocycles. The molecule has 1 aliphatic carbocycles. The molecule has 0 bridgehead atoms. The Hall–Kier alpha value is -2.18. The second-order valence-electron chi connectivity index (χ2n) is 6.66. The summed E-state index contributed by atoms with van der Waals surface area (Å²) in [6, 6.07) is 11.6. The number of sulfonamides is 1. The Kier molecular flexibility index (Phi) is 4.54. The van der Waals surface area contributed by atoms with Crippen LogP contribution in [0.2, 0.25) is 0 Å². The van der Waals surface area contributed by atoms with E-state index in [0.29, 0.717) is 48.5 Å². The minimum Gasteiger partial charge on any atom is -0.493 e. The standard InChI is InChI=1S/C20H20FNO3S/c21-16-8-10-20-18(13-16)19(6-3-11-25-20)22-26(23,24)17-9-7-14-4-1-2-5-15(14)12-17/h1-2,4-5,8,10,12-13,19,22H,3,6-7,9,11H2. The molecule has 1 aliphatic heterocycles. The largest absolute Gasteiger partial charge is 0.493 e. The van der Waals surface area contributed by atoms with E-state index in [4.69, 9.17) is 4.74 Å². The van der Waals surface area contributed by atoms with E-state index in [9.17, 15) is 12.8 Å². The van der Waals surface area contributed by atoms with Gasteiger partial charge in [0.05, 0.1) is 17.6 Å². The van der Waals surface area contributed by atoms with Crippen LogP contribution in [0.15, 0.2) is 47.4 Å². The number of halogens is 1. The SMILES string of the molecule is O=S(=O)(NC1CCCOc2ccc(F)cc21)C1=Cc2ccccc2CC1. The summed E-state index contributed by atoms with van der Waals surface area (Å²) in [4.78, 5) is 0.374. The van der Waals surface area contributed by atoms with E-state index >= 15 is 0 Å². The summed E-state index contributed by atoms with van der Waals surface area (Å²) in [6.45, 7) is 0.493. The highest BCUT2D eigenvalue weighted by Gasteiger charge is 2.28. The van der Waals surface area contributed by atoms with Crippen LogP contribution in [0.4, 0.5) is 4.39 Å². The van der Waals surface area contributed by atoms with E-state index in [0.717, 1.165) is 11.1 Å². The molecule has 2 aliphatic rings. The zero-order valence-electron chi connectivity index (χ0n) is 14.2. The second kappa shape index (κ2) is 6.85. The number of ether oxygens (including phenoxy) is 1. The molecule has 0 saturated heterocycles. The lowest BCUT2D eigenvalue weighted by Gasteiger charge is -2.22. The number of allylic oxidation sites excluding steroid dienone is 1. The summed E-state index contributed by atoms with van der Waals surface area (Å²) in [5, 5.41) is 0. The molecule has 4 rings (SSSR count). The number of fused-ring (bicyclic) bond motifs is 2. The Bertz CT molecular complexity index is 969. The third-order valence-corrected chi connectivity index (χ3v) is 6.50. The van der Waals surface area contributed by atoms with Crippen molar-refractivity contribution in [2.45, 2.75) is 31.7 Å². The van der Waals surface area contributed by atoms with Crippen molar-refractivity contribution in [3.8, 4) is 5.75 Å². The van der Waals surface area contributed by atoms with Gasteiger partial charge in [-0.3, -0.25) is 0 Å². The Labute approximate surface area is 152 Å². The lowest BCUT2D eigenvalue weighted by molar-refractivity contribution is 0.315. The van der Waals surface area contributed by atoms with Crippen molar-refractivity contribution in [3.63, 3.8) is 0 Å². The first-order chi connectivity index (χ1) is 12.5. The molecule has 1 N–H and O–H groups in total. The molecular weight excluding hydrogens is 353 g/mol. The van der Waals surface area contributed by atoms with Crippen LogP contribution < -0.4 is 9.46 Å². The molecule has 1 unspecified atom stereocenters. The number of rotatable bonds is 3. The number of benzene rings is 2. The Morgan fingerprint density at radius 1 is 1.12 bits per heavy atom. The summed E-state index contributed by atoms with van der Waals surface area (Å²) in [6.07, 6.45) is 4.17. The van der Waals surface area contributed by atoms with Gasteiger partial charge in [0.15, 0.2) is 0 Å². The molecule has 2 aromatic rings. The Morgan fingerprint density at radius 2 is 1.96 bits per heavy atom. The van der Waals surface area contributed by atoms with Gasteiger partial charge < -0.3 is 4.74 Å². The lowest BCUT2D eigenvalue weighted by atomic mass is 9.98. The van der Waals surface area contributed by atoms with Crippen molar-refractivity contribution in [3.05, 3.63) is 69.9 Å². The topological polar surface area (TPSA) is 55.4 Å². The zero-order chi connectivity index (χ0) is 18.1. The van der Waals surface area contributed by atoms with Crippen LogP contribution >= 0.6 is 0 Å². The third-order valence-electron chi connectivity index (χ3n) is 4.90. The first-order valence-corrected chi connectivity index (χ1v) is 10.2. The normalized spacial score (nSPS) is 19.6. The van der Waals surface area contributed by atoms with Crippen LogP contribution in [0.1, 0.15) is 42.0 Å². The maximum atomic E-state index is 13.7. The summed E-state index contributed by atoms with van der Waals surface area (Å²) in [5.41, 5.74) is 2.65. The Balaban J connectivity index is 1.65. The fourth-order valence-corrected chi connectivity index (χ4v) is 4.98. The van der Waals surface area contributed by atoms with Gasteiger partial charge in [0.2, 0.25) is 10.0 Å². The third kappa shape index (κ3) is 3.39.